The highest BCUT2D eigenvalue weighted by molar-refractivity contribution is 9.10. The fourth-order valence-electron chi connectivity index (χ4n) is 2.61. The van der Waals surface area contributed by atoms with E-state index in [0.717, 1.165) is 38.5 Å². The molecule has 0 aliphatic carbocycles. The number of carbonyl (C=O) groups excluding carboxylic acids is 1. The molecular weight excluding hydrogens is 376 g/mol. The van der Waals surface area contributed by atoms with Crippen molar-refractivity contribution in [3.8, 4) is 0 Å². The van der Waals surface area contributed by atoms with Gasteiger partial charge in [0.1, 0.15) is 0 Å². The highest BCUT2D eigenvalue weighted by Gasteiger charge is 1.98. The molecule has 0 heterocycles. The minimum Gasteiger partial charge on any atom is -0.469 e. The van der Waals surface area contributed by atoms with Gasteiger partial charge in [0.25, 0.3) is 0 Å². The molecule has 0 fully saturated rings. The Morgan fingerprint density at radius 2 is 1.64 bits per heavy atom. The van der Waals surface area contributed by atoms with E-state index in [1.54, 1.807) is 0 Å². The minimum atomic E-state index is -0.0904. The molecule has 0 bridgehead atoms. The highest BCUT2D eigenvalue weighted by atomic mass is 79.9. The van der Waals surface area contributed by atoms with Crippen molar-refractivity contribution in [1.29, 1.82) is 0 Å². The van der Waals surface area contributed by atoms with Crippen molar-refractivity contribution in [1.82, 2.24) is 0 Å². The van der Waals surface area contributed by atoms with Crippen LogP contribution in [0.15, 0.2) is 53.0 Å². The number of esters is 1. The maximum atomic E-state index is 11.0. The third-order valence-corrected chi connectivity index (χ3v) is 4.90. The Morgan fingerprint density at radius 1 is 0.960 bits per heavy atom. The zero-order valence-electron chi connectivity index (χ0n) is 15.4. The van der Waals surface area contributed by atoms with E-state index >= 15 is 0 Å². The smallest absolute Gasteiger partial charge is 0.305 e. The normalized spacial score (nSPS) is 11.4. The van der Waals surface area contributed by atoms with Crippen LogP contribution in [0.1, 0.15) is 63.4 Å². The third-order valence-electron chi connectivity index (χ3n) is 4.12. The van der Waals surface area contributed by atoms with E-state index < -0.39 is 0 Å². The Labute approximate surface area is 161 Å². The Morgan fingerprint density at radius 3 is 2.40 bits per heavy atom. The van der Waals surface area contributed by atoms with Crippen LogP contribution in [0.3, 0.4) is 0 Å². The lowest BCUT2D eigenvalue weighted by Gasteiger charge is -2.00. The third kappa shape index (κ3) is 11.8. The molecule has 0 aromatic heterocycles. The van der Waals surface area contributed by atoms with Crippen molar-refractivity contribution in [2.45, 2.75) is 64.2 Å². The number of allylic oxidation sites excluding steroid dienone is 4. The van der Waals surface area contributed by atoms with E-state index in [4.69, 9.17) is 0 Å². The van der Waals surface area contributed by atoms with E-state index in [1.807, 2.05) is 0 Å². The van der Waals surface area contributed by atoms with Crippen molar-refractivity contribution >= 4 is 21.9 Å². The minimum absolute atomic E-state index is 0.0904. The summed E-state index contributed by atoms with van der Waals surface area (Å²) in [5, 5.41) is 0. The second kappa shape index (κ2) is 14.9. The number of methoxy groups -OCH3 is 1. The summed E-state index contributed by atoms with van der Waals surface area (Å²) >= 11 is 3.59. The van der Waals surface area contributed by atoms with E-state index in [2.05, 4.69) is 69.2 Å². The maximum absolute atomic E-state index is 11.0. The fraction of sp³-hybridized carbons (Fsp3) is 0.500. The van der Waals surface area contributed by atoms with Crippen LogP contribution in [0.25, 0.3) is 0 Å². The van der Waals surface area contributed by atoms with Crippen LogP contribution in [0.2, 0.25) is 0 Å². The van der Waals surface area contributed by atoms with Gasteiger partial charge in [-0.15, -0.1) is 0 Å². The first kappa shape index (κ1) is 21.7. The zero-order chi connectivity index (χ0) is 18.2. The molecule has 0 saturated carbocycles. The number of hydrogen-bond donors (Lipinski definition) is 0. The first-order valence-electron chi connectivity index (χ1n) is 9.34. The Kier molecular flexibility index (Phi) is 13.0. The lowest BCUT2D eigenvalue weighted by atomic mass is 10.1. The molecule has 0 atom stereocenters. The number of benzene rings is 1. The van der Waals surface area contributed by atoms with Gasteiger partial charge in [0.05, 0.1) is 7.11 Å². The molecule has 1 aromatic carbocycles. The van der Waals surface area contributed by atoms with Gasteiger partial charge in [-0.25, -0.2) is 0 Å². The summed E-state index contributed by atoms with van der Waals surface area (Å²) in [6.45, 7) is 0. The average molecular weight is 407 g/mol. The quantitative estimate of drug-likeness (QED) is 0.204. The van der Waals surface area contributed by atoms with Crippen molar-refractivity contribution in [3.05, 3.63) is 58.6 Å². The lowest BCUT2D eigenvalue weighted by Crippen LogP contribution is -1.98. The Hall–Kier alpha value is -1.35. The second-order valence-corrected chi connectivity index (χ2v) is 7.05. The largest absolute Gasteiger partial charge is 0.469 e. The molecule has 3 heteroatoms. The first-order valence-corrected chi connectivity index (χ1v) is 10.1. The number of unbranched alkanes of at least 4 members (excludes halogenated alkanes) is 5. The van der Waals surface area contributed by atoms with Crippen molar-refractivity contribution < 1.29 is 9.53 Å². The molecule has 0 radical (unpaired) electrons. The Bertz CT molecular complexity index is 535. The predicted octanol–water partition coefficient (Wildman–Crippen LogP) is 6.79. The van der Waals surface area contributed by atoms with Crippen LogP contribution in [-0.2, 0) is 16.0 Å². The van der Waals surface area contributed by atoms with Crippen molar-refractivity contribution in [2.75, 3.05) is 7.11 Å². The Balaban J connectivity index is 1.93. The summed E-state index contributed by atoms with van der Waals surface area (Å²) < 4.78 is 5.83. The summed E-state index contributed by atoms with van der Waals surface area (Å²) in [6, 6.07) is 8.41. The van der Waals surface area contributed by atoms with E-state index in [9.17, 15) is 4.79 Å². The van der Waals surface area contributed by atoms with Crippen LogP contribution in [0.5, 0.6) is 0 Å². The molecular formula is C22H31BrO2. The van der Waals surface area contributed by atoms with Gasteiger partial charge in [0.2, 0.25) is 0 Å². The van der Waals surface area contributed by atoms with Crippen LogP contribution in [-0.4, -0.2) is 13.1 Å². The van der Waals surface area contributed by atoms with Gasteiger partial charge >= 0.3 is 5.97 Å². The molecule has 0 spiro atoms. The number of ether oxygens (including phenoxy) is 1. The monoisotopic (exact) mass is 406 g/mol. The summed E-state index contributed by atoms with van der Waals surface area (Å²) in [5.41, 5.74) is 1.37. The number of carbonyl (C=O) groups is 1. The molecule has 138 valence electrons. The van der Waals surface area contributed by atoms with Gasteiger partial charge in [-0.3, -0.25) is 4.79 Å². The lowest BCUT2D eigenvalue weighted by molar-refractivity contribution is -0.140. The van der Waals surface area contributed by atoms with Gasteiger partial charge in [0, 0.05) is 10.9 Å². The van der Waals surface area contributed by atoms with Gasteiger partial charge < -0.3 is 4.74 Å². The molecule has 0 N–H and O–H groups in total. The summed E-state index contributed by atoms with van der Waals surface area (Å²) in [4.78, 5) is 11.0. The average Bonchev–Trinajstić information content (AvgIpc) is 2.63. The molecule has 0 unspecified atom stereocenters. The van der Waals surface area contributed by atoms with Crippen molar-refractivity contribution in [2.24, 2.45) is 0 Å². The first-order chi connectivity index (χ1) is 12.2. The summed E-state index contributed by atoms with van der Waals surface area (Å²) in [6.07, 6.45) is 19.7. The molecule has 1 rings (SSSR count). The van der Waals surface area contributed by atoms with Crippen molar-refractivity contribution in [3.63, 3.8) is 0 Å². The standard InChI is InChI=1S/C22H31BrO2/c1-25-22(24)19-13-11-9-7-5-3-2-4-6-8-10-12-16-20-17-14-15-18-21(20)23/h2,4,8,10,14-15,17-18H,3,5-7,9,11-13,16,19H2,1H3/b4-2+,10-8+. The predicted molar refractivity (Wildman–Crippen MR) is 110 cm³/mol. The van der Waals surface area contributed by atoms with E-state index in [0.29, 0.717) is 6.42 Å². The molecule has 0 aliphatic rings. The van der Waals surface area contributed by atoms with Gasteiger partial charge in [-0.05, 0) is 50.2 Å². The summed E-state index contributed by atoms with van der Waals surface area (Å²) in [5.74, 6) is -0.0904. The second-order valence-electron chi connectivity index (χ2n) is 6.19. The number of aryl methyl sites for hydroxylation is 1. The number of hydrogen-bond acceptors (Lipinski definition) is 2. The maximum Gasteiger partial charge on any atom is 0.305 e. The number of halogens is 1. The summed E-state index contributed by atoms with van der Waals surface area (Å²) in [7, 11) is 1.45. The molecule has 0 saturated heterocycles. The molecule has 25 heavy (non-hydrogen) atoms. The molecule has 1 aromatic rings. The SMILES string of the molecule is COC(=O)CCCCCCC/C=C/C/C=C/CCc1ccccc1Br. The topological polar surface area (TPSA) is 26.3 Å². The van der Waals surface area contributed by atoms with Gasteiger partial charge in [-0.2, -0.15) is 0 Å². The van der Waals surface area contributed by atoms with Crippen LogP contribution in [0, 0.1) is 0 Å². The van der Waals surface area contributed by atoms with E-state index in [-0.39, 0.29) is 5.97 Å². The molecule has 0 aliphatic heterocycles. The fourth-order valence-corrected chi connectivity index (χ4v) is 3.09. The zero-order valence-corrected chi connectivity index (χ0v) is 17.0. The van der Waals surface area contributed by atoms with Crippen LogP contribution < -0.4 is 0 Å². The van der Waals surface area contributed by atoms with Crippen LogP contribution >= 0.6 is 15.9 Å². The number of rotatable bonds is 13. The highest BCUT2D eigenvalue weighted by Crippen LogP contribution is 2.17. The molecule has 0 amide bonds. The van der Waals surface area contributed by atoms with Crippen LogP contribution in [0.4, 0.5) is 0 Å². The van der Waals surface area contributed by atoms with E-state index in [1.165, 1.54) is 36.4 Å². The van der Waals surface area contributed by atoms with Gasteiger partial charge in [-0.1, -0.05) is 77.7 Å². The van der Waals surface area contributed by atoms with Gasteiger partial charge in [0.15, 0.2) is 0 Å². The molecule has 2 nitrogen and oxygen atoms in total.